The highest BCUT2D eigenvalue weighted by Crippen LogP contribution is 2.29. The normalized spacial score (nSPS) is 17.1. The molecule has 156 valence electrons. The van der Waals surface area contributed by atoms with E-state index in [1.54, 1.807) is 0 Å². The van der Waals surface area contributed by atoms with Crippen LogP contribution in [0, 0.1) is 0 Å². The average molecular weight is 416 g/mol. The van der Waals surface area contributed by atoms with Gasteiger partial charge in [-0.2, -0.15) is 23.1 Å². The topological polar surface area (TPSA) is 69.0 Å². The fourth-order valence-electron chi connectivity index (χ4n) is 3.20. The molecular formula is C21H19F3N4O2. The Labute approximate surface area is 170 Å². The van der Waals surface area contributed by atoms with Crippen molar-refractivity contribution >= 4 is 5.78 Å². The van der Waals surface area contributed by atoms with E-state index in [0.29, 0.717) is 12.3 Å². The van der Waals surface area contributed by atoms with E-state index in [1.165, 1.54) is 18.3 Å². The van der Waals surface area contributed by atoms with Gasteiger partial charge in [0.05, 0.1) is 30.2 Å². The van der Waals surface area contributed by atoms with Gasteiger partial charge in [0.25, 0.3) is 0 Å². The lowest BCUT2D eigenvalue weighted by Crippen LogP contribution is -2.33. The Morgan fingerprint density at radius 2 is 1.87 bits per heavy atom. The Morgan fingerprint density at radius 1 is 1.13 bits per heavy atom. The van der Waals surface area contributed by atoms with Gasteiger partial charge < -0.3 is 10.1 Å². The summed E-state index contributed by atoms with van der Waals surface area (Å²) in [5.41, 5.74) is 1.61. The van der Waals surface area contributed by atoms with Crippen LogP contribution in [-0.4, -0.2) is 40.5 Å². The molecule has 1 fully saturated rings. The van der Waals surface area contributed by atoms with Crippen molar-refractivity contribution in [1.29, 1.82) is 0 Å². The number of halogens is 3. The highest BCUT2D eigenvalue weighted by Gasteiger charge is 2.30. The molecule has 1 aromatic heterocycles. The molecule has 0 aliphatic carbocycles. The van der Waals surface area contributed by atoms with Gasteiger partial charge in [-0.1, -0.05) is 24.3 Å². The maximum atomic E-state index is 12.7. The van der Waals surface area contributed by atoms with Gasteiger partial charge in [0.2, 0.25) is 0 Å². The number of Topliss-reactive ketones (excluding diaryl/α,β-unsaturated/α-hetero) is 1. The van der Waals surface area contributed by atoms with Crippen LogP contribution in [-0.2, 0) is 17.3 Å². The summed E-state index contributed by atoms with van der Waals surface area (Å²) in [5.74, 6) is -0.225. The van der Waals surface area contributed by atoms with Crippen LogP contribution in [0.1, 0.15) is 33.3 Å². The number of nitrogens with zero attached hydrogens (tertiary/aromatic N) is 3. The van der Waals surface area contributed by atoms with Gasteiger partial charge >= 0.3 is 6.18 Å². The number of morpholine rings is 1. The third-order valence-corrected chi connectivity index (χ3v) is 4.85. The molecule has 3 aromatic rings. The number of nitrogens with one attached hydrogen (secondary N) is 1. The van der Waals surface area contributed by atoms with Crippen molar-refractivity contribution in [2.24, 2.45) is 0 Å². The van der Waals surface area contributed by atoms with E-state index >= 15 is 0 Å². The molecule has 0 saturated carbocycles. The van der Waals surface area contributed by atoms with Crippen molar-refractivity contribution in [3.63, 3.8) is 0 Å². The number of hydrogen-bond donors (Lipinski definition) is 1. The molecule has 1 atom stereocenters. The zero-order valence-corrected chi connectivity index (χ0v) is 15.9. The number of alkyl halides is 3. The number of ether oxygens (including phenoxy) is 1. The van der Waals surface area contributed by atoms with Crippen LogP contribution in [0.15, 0.2) is 54.7 Å². The molecule has 1 aliphatic heterocycles. The molecule has 0 radical (unpaired) electrons. The van der Waals surface area contributed by atoms with Crippen LogP contribution in [0.3, 0.4) is 0 Å². The number of carbonyl (C=O) groups excluding carboxylic acids is 1. The lowest BCUT2D eigenvalue weighted by Gasteiger charge is -2.24. The molecule has 1 saturated heterocycles. The third-order valence-electron chi connectivity index (χ3n) is 4.85. The highest BCUT2D eigenvalue weighted by atomic mass is 19.4. The maximum absolute atomic E-state index is 12.7. The second-order valence-electron chi connectivity index (χ2n) is 6.97. The van der Waals surface area contributed by atoms with Crippen LogP contribution in [0.2, 0.25) is 0 Å². The predicted octanol–water partition coefficient (Wildman–Crippen LogP) is 3.37. The molecule has 30 heavy (non-hydrogen) atoms. The second-order valence-corrected chi connectivity index (χ2v) is 6.97. The lowest BCUT2D eigenvalue weighted by molar-refractivity contribution is -0.137. The summed E-state index contributed by atoms with van der Waals surface area (Å²) in [7, 11) is 0. The number of rotatable bonds is 5. The van der Waals surface area contributed by atoms with E-state index in [9.17, 15) is 18.0 Å². The Balaban J connectivity index is 1.41. The summed E-state index contributed by atoms with van der Waals surface area (Å²) >= 11 is 0. The molecule has 2 heterocycles. The largest absolute Gasteiger partial charge is 0.416 e. The first-order chi connectivity index (χ1) is 14.4. The fraction of sp³-hybridized carbons (Fsp3) is 0.286. The minimum absolute atomic E-state index is 0.00661. The predicted molar refractivity (Wildman–Crippen MR) is 102 cm³/mol. The van der Waals surface area contributed by atoms with Gasteiger partial charge in [0, 0.05) is 19.5 Å². The highest BCUT2D eigenvalue weighted by molar-refractivity contribution is 5.95. The van der Waals surface area contributed by atoms with Crippen LogP contribution in [0.5, 0.6) is 0 Å². The van der Waals surface area contributed by atoms with E-state index in [0.717, 1.165) is 41.1 Å². The monoisotopic (exact) mass is 416 g/mol. The van der Waals surface area contributed by atoms with Crippen molar-refractivity contribution in [3.8, 4) is 5.69 Å². The number of carbonyl (C=O) groups is 1. The van der Waals surface area contributed by atoms with E-state index in [1.807, 2.05) is 24.3 Å². The molecule has 2 aromatic carbocycles. The van der Waals surface area contributed by atoms with Gasteiger partial charge in [-0.25, -0.2) is 0 Å². The molecule has 0 amide bonds. The zero-order chi connectivity index (χ0) is 21.1. The van der Waals surface area contributed by atoms with Crippen molar-refractivity contribution in [2.75, 3.05) is 19.7 Å². The molecule has 4 rings (SSSR count). The molecule has 0 unspecified atom stereocenters. The van der Waals surface area contributed by atoms with Gasteiger partial charge in [-0.05, 0) is 35.4 Å². The van der Waals surface area contributed by atoms with E-state index in [4.69, 9.17) is 4.74 Å². The number of ketones is 1. The SMILES string of the molecule is O=C(Cc1ccc([C@H]2CNCCO2)cc1)c1cnn(-c2ccc(C(F)(F)F)cc2)n1. The molecule has 1 N–H and O–H groups in total. The Kier molecular flexibility index (Phi) is 5.65. The first-order valence-electron chi connectivity index (χ1n) is 9.44. The van der Waals surface area contributed by atoms with Crippen molar-refractivity contribution in [3.05, 3.63) is 77.1 Å². The van der Waals surface area contributed by atoms with Crippen LogP contribution in [0.25, 0.3) is 5.69 Å². The molecule has 0 bridgehead atoms. The smallest absolute Gasteiger partial charge is 0.371 e. The van der Waals surface area contributed by atoms with E-state index < -0.39 is 11.7 Å². The quantitative estimate of drug-likeness (QED) is 0.646. The minimum Gasteiger partial charge on any atom is -0.371 e. The fourth-order valence-corrected chi connectivity index (χ4v) is 3.20. The number of benzene rings is 2. The van der Waals surface area contributed by atoms with Gasteiger partial charge in [0.1, 0.15) is 5.69 Å². The average Bonchev–Trinajstić information content (AvgIpc) is 3.25. The summed E-state index contributed by atoms with van der Waals surface area (Å²) in [4.78, 5) is 13.7. The Hall–Kier alpha value is -3.04. The Morgan fingerprint density at radius 3 is 2.50 bits per heavy atom. The van der Waals surface area contributed by atoms with Crippen LogP contribution < -0.4 is 5.32 Å². The second kappa shape index (κ2) is 8.37. The number of hydrogen-bond acceptors (Lipinski definition) is 5. The van der Waals surface area contributed by atoms with E-state index in [-0.39, 0.29) is 24.0 Å². The Bertz CT molecular complexity index is 1010. The van der Waals surface area contributed by atoms with Crippen molar-refractivity contribution in [1.82, 2.24) is 20.3 Å². The summed E-state index contributed by atoms with van der Waals surface area (Å²) in [6, 6.07) is 12.1. The molecule has 6 nitrogen and oxygen atoms in total. The maximum Gasteiger partial charge on any atom is 0.416 e. The summed E-state index contributed by atoms with van der Waals surface area (Å²) in [6.45, 7) is 2.26. The first-order valence-corrected chi connectivity index (χ1v) is 9.44. The van der Waals surface area contributed by atoms with E-state index in [2.05, 4.69) is 15.5 Å². The molecular weight excluding hydrogens is 397 g/mol. The molecule has 1 aliphatic rings. The van der Waals surface area contributed by atoms with Gasteiger partial charge in [-0.3, -0.25) is 4.79 Å². The van der Waals surface area contributed by atoms with Gasteiger partial charge in [0.15, 0.2) is 5.78 Å². The van der Waals surface area contributed by atoms with Crippen molar-refractivity contribution in [2.45, 2.75) is 18.7 Å². The first kappa shape index (κ1) is 20.2. The van der Waals surface area contributed by atoms with Crippen molar-refractivity contribution < 1.29 is 22.7 Å². The van der Waals surface area contributed by atoms with Gasteiger partial charge in [-0.15, -0.1) is 5.10 Å². The molecule has 9 heteroatoms. The third kappa shape index (κ3) is 4.58. The minimum atomic E-state index is -4.41. The standard InChI is InChI=1S/C21H19F3N4O2/c22-21(23,24)16-5-7-17(8-6-16)28-26-12-18(27-28)19(29)11-14-1-3-15(4-2-14)20-13-25-9-10-30-20/h1-8,12,20,25H,9-11,13H2/t20-/m1/s1. The summed E-state index contributed by atoms with van der Waals surface area (Å²) < 4.78 is 43.7. The summed E-state index contributed by atoms with van der Waals surface area (Å²) in [5, 5.41) is 11.4. The summed E-state index contributed by atoms with van der Waals surface area (Å²) in [6.07, 6.45) is -2.94. The lowest BCUT2D eigenvalue weighted by atomic mass is 10.0. The van der Waals surface area contributed by atoms with Crippen LogP contribution >= 0.6 is 0 Å². The zero-order valence-electron chi connectivity index (χ0n) is 15.9. The van der Waals surface area contributed by atoms with Crippen LogP contribution in [0.4, 0.5) is 13.2 Å². The number of aromatic nitrogens is 3. The molecule has 0 spiro atoms.